The number of alkyl carbamates (subject to hydrolysis) is 1. The van der Waals surface area contributed by atoms with Gasteiger partial charge in [0, 0.05) is 104 Å². The van der Waals surface area contributed by atoms with Gasteiger partial charge >= 0.3 is 12.1 Å². The average molecular weight is 1320 g/mol. The number of rotatable bonds is 5. The molecule has 0 saturated heterocycles. The standard InChI is InChI=1S/C15H17BrN2O3.C10H7BrN2O2.C10H9BrN2O.C10H6BrNO3.9CH4.ClH/c1-15(2,3)21-14(20)17-8-10-7-13(19)11-6-9(16)4-5-12(11)18-10;11-5-1-2-7-6(3-5)9(14)4-8(13-7)10(12)15;11-6-1-2-9-8(3-6)10(14)4-7(5-12)13-9;11-5-1-2-7-6(3-5)9(13)4-8(12-7)10(14)15;;;;;;;;;;/h4-7H,8H2,1-3H3,(H,17,20)(H,18,19);1-4H,(H2,12,15)(H,13,14);1-4H,5,12H2,(H,13,14);1-4H,(H,12,13)(H,14,15);9*1H4;1H. The number of pyridine rings is 4. The van der Waals surface area contributed by atoms with Gasteiger partial charge in [-0.1, -0.05) is 131 Å². The number of primary amides is 1. The molecule has 4 heterocycles. The first-order valence-corrected chi connectivity index (χ1v) is 22.3. The van der Waals surface area contributed by atoms with Crippen molar-refractivity contribution in [3.8, 4) is 0 Å². The van der Waals surface area contributed by atoms with Crippen molar-refractivity contribution < 1.29 is 24.2 Å². The van der Waals surface area contributed by atoms with Gasteiger partial charge < -0.3 is 46.6 Å². The number of carbonyl (C=O) groups excluding carboxylic acids is 2. The minimum absolute atomic E-state index is 0. The normalized spacial score (nSPS) is 9.39. The molecule has 0 radical (unpaired) electrons. The number of aromatic nitrogens is 4. The molecular weight excluding hydrogens is 1250 g/mol. The summed E-state index contributed by atoms with van der Waals surface area (Å²) < 4.78 is 8.48. The average Bonchev–Trinajstić information content (AvgIpc) is 3.24. The summed E-state index contributed by atoms with van der Waals surface area (Å²) in [5.74, 6) is -1.78. The highest BCUT2D eigenvalue weighted by Crippen LogP contribution is 2.19. The van der Waals surface area contributed by atoms with E-state index in [2.05, 4.69) is 89.0 Å². The van der Waals surface area contributed by atoms with Crippen LogP contribution in [0.1, 0.15) is 120 Å². The first-order valence-electron chi connectivity index (χ1n) is 19.1. The van der Waals surface area contributed by atoms with Crippen LogP contribution >= 0.6 is 76.1 Å². The molecule has 8 rings (SSSR count). The lowest BCUT2D eigenvalue weighted by Gasteiger charge is -2.19. The fourth-order valence-corrected chi connectivity index (χ4v) is 7.37. The molecule has 416 valence electrons. The monoisotopic (exact) mass is 1320 g/mol. The molecule has 0 atom stereocenters. The van der Waals surface area contributed by atoms with Crippen LogP contribution < -0.4 is 38.5 Å². The van der Waals surface area contributed by atoms with E-state index in [0.29, 0.717) is 44.8 Å². The number of halogens is 5. The first kappa shape index (κ1) is 80.5. The lowest BCUT2D eigenvalue weighted by atomic mass is 10.2. The molecule has 0 fully saturated rings. The smallest absolute Gasteiger partial charge is 0.407 e. The number of nitrogens with two attached hydrogens (primary N) is 2. The van der Waals surface area contributed by atoms with E-state index in [9.17, 15) is 33.6 Å². The Bertz CT molecular complexity index is 3260. The molecule has 0 saturated carbocycles. The molecule has 2 amide bonds. The molecule has 0 spiro atoms. The van der Waals surface area contributed by atoms with E-state index < -0.39 is 23.6 Å². The van der Waals surface area contributed by atoms with Gasteiger partial charge in [-0.3, -0.25) is 24.0 Å². The van der Waals surface area contributed by atoms with Crippen LogP contribution in [0.15, 0.2) is 134 Å². The van der Waals surface area contributed by atoms with Crippen LogP contribution in [0.5, 0.6) is 0 Å². The second kappa shape index (κ2) is 35.4. The number of fused-ring (bicyclic) bond motifs is 4. The van der Waals surface area contributed by atoms with E-state index >= 15 is 0 Å². The zero-order valence-corrected chi connectivity index (χ0v) is 42.1. The third-order valence-corrected chi connectivity index (χ3v) is 10.8. The number of aromatic amines is 4. The van der Waals surface area contributed by atoms with Crippen LogP contribution in [0.25, 0.3) is 43.6 Å². The van der Waals surface area contributed by atoms with Crippen molar-refractivity contribution >= 4 is 138 Å². The summed E-state index contributed by atoms with van der Waals surface area (Å²) in [5.41, 5.74) is 13.4. The number of ether oxygens (including phenoxy) is 1. The molecule has 16 nitrogen and oxygen atoms in total. The summed E-state index contributed by atoms with van der Waals surface area (Å²) in [7, 11) is 0. The van der Waals surface area contributed by atoms with Crippen molar-refractivity contribution in [1.82, 2.24) is 25.3 Å². The Morgan fingerprint density at radius 1 is 0.520 bits per heavy atom. The van der Waals surface area contributed by atoms with Crippen molar-refractivity contribution in [3.63, 3.8) is 0 Å². The molecular formula is C54H76Br4ClN7O9. The number of amides is 2. The zero-order valence-electron chi connectivity index (χ0n) is 34.9. The maximum absolute atomic E-state index is 12.0. The molecule has 0 aliphatic carbocycles. The maximum Gasteiger partial charge on any atom is 0.407 e. The fraction of sp³-hybridized carbons (Fsp3) is 0.278. The second-order valence-electron chi connectivity index (χ2n) is 14.9. The first-order chi connectivity index (χ1) is 30.6. The Balaban J connectivity index is -0.000000205. The SMILES string of the molecule is C.C.C.C.C.C.C.C.C.CC(C)(C)OC(=O)NCc1cc(=O)c2cc(Br)ccc2[nH]1.Cl.NC(=O)c1cc(=O)c2cc(Br)ccc2[nH]1.NCc1cc(=O)c2cc(Br)ccc2[nH]1.O=C(O)c1cc(=O)c2cc(Br)ccc2[nH]1. The van der Waals surface area contributed by atoms with Gasteiger partial charge in [-0.05, 0) is 93.6 Å². The van der Waals surface area contributed by atoms with E-state index in [4.69, 9.17) is 21.3 Å². The number of carboxylic acid groups (broad SMARTS) is 1. The third-order valence-electron chi connectivity index (χ3n) is 8.82. The number of nitrogens with one attached hydrogen (secondary N) is 5. The Kier molecular flexibility index (Phi) is 38.0. The largest absolute Gasteiger partial charge is 0.477 e. The van der Waals surface area contributed by atoms with E-state index in [1.165, 1.54) is 18.2 Å². The Labute approximate surface area is 480 Å². The summed E-state index contributed by atoms with van der Waals surface area (Å²) in [4.78, 5) is 91.7. The van der Waals surface area contributed by atoms with Crippen LogP contribution in [-0.4, -0.2) is 48.6 Å². The minimum atomic E-state index is -1.14. The highest BCUT2D eigenvalue weighted by Gasteiger charge is 2.16. The third kappa shape index (κ3) is 22.9. The van der Waals surface area contributed by atoms with Crippen LogP contribution in [0.3, 0.4) is 0 Å². The number of aromatic carboxylic acids is 1. The quantitative estimate of drug-likeness (QED) is 0.0807. The molecule has 0 aliphatic heterocycles. The molecule has 0 bridgehead atoms. The number of carbonyl (C=O) groups is 3. The van der Waals surface area contributed by atoms with Gasteiger partial charge in [0.2, 0.25) is 0 Å². The van der Waals surface area contributed by atoms with Crippen molar-refractivity contribution in [2.24, 2.45) is 11.5 Å². The van der Waals surface area contributed by atoms with Crippen molar-refractivity contribution in [2.45, 2.75) is 106 Å². The molecule has 8 aromatic rings. The van der Waals surface area contributed by atoms with Gasteiger partial charge in [-0.2, -0.15) is 0 Å². The van der Waals surface area contributed by atoms with Gasteiger partial charge in [0.1, 0.15) is 17.0 Å². The van der Waals surface area contributed by atoms with Crippen LogP contribution in [0.2, 0.25) is 0 Å². The van der Waals surface area contributed by atoms with Gasteiger partial charge in [0.25, 0.3) is 5.91 Å². The highest BCUT2D eigenvalue weighted by atomic mass is 79.9. The summed E-state index contributed by atoms with van der Waals surface area (Å²) in [5, 5.41) is 13.6. The fourth-order valence-electron chi connectivity index (χ4n) is 5.92. The second-order valence-corrected chi connectivity index (χ2v) is 18.6. The van der Waals surface area contributed by atoms with Crippen LogP contribution in [0, 0.1) is 0 Å². The number of hydrogen-bond donors (Lipinski definition) is 8. The topological polar surface area (TPSA) is 276 Å². The van der Waals surface area contributed by atoms with Gasteiger partial charge in [-0.25, -0.2) is 9.59 Å². The van der Waals surface area contributed by atoms with E-state index in [0.717, 1.165) is 40.7 Å². The number of H-pyrrole nitrogens is 4. The molecule has 0 aliphatic rings. The Morgan fingerprint density at radius 3 is 1.16 bits per heavy atom. The van der Waals surface area contributed by atoms with E-state index in [1.807, 2.05) is 24.3 Å². The minimum Gasteiger partial charge on any atom is -0.477 e. The summed E-state index contributed by atoms with van der Waals surface area (Å²) in [6.07, 6.45) is -0.515. The lowest BCUT2D eigenvalue weighted by Crippen LogP contribution is -2.32. The van der Waals surface area contributed by atoms with E-state index in [1.54, 1.807) is 69.3 Å². The highest BCUT2D eigenvalue weighted by molar-refractivity contribution is 9.11. The molecule has 4 aromatic heterocycles. The van der Waals surface area contributed by atoms with Crippen molar-refractivity contribution in [2.75, 3.05) is 0 Å². The van der Waals surface area contributed by atoms with E-state index in [-0.39, 0.29) is 119 Å². The predicted molar refractivity (Wildman–Crippen MR) is 333 cm³/mol. The maximum atomic E-state index is 12.0. The van der Waals surface area contributed by atoms with Crippen molar-refractivity contribution in [3.05, 3.63) is 179 Å². The molecule has 10 N–H and O–H groups in total. The van der Waals surface area contributed by atoms with Gasteiger partial charge in [0.15, 0.2) is 21.7 Å². The Hall–Kier alpha value is -5.90. The number of benzene rings is 4. The molecule has 21 heteroatoms. The molecule has 0 unspecified atom stereocenters. The summed E-state index contributed by atoms with van der Waals surface area (Å²) in [6, 6.07) is 26.5. The Morgan fingerprint density at radius 2 is 0.827 bits per heavy atom. The van der Waals surface area contributed by atoms with Crippen LogP contribution in [-0.2, 0) is 17.8 Å². The molecule has 4 aromatic carbocycles. The molecule has 75 heavy (non-hydrogen) atoms. The van der Waals surface area contributed by atoms with Gasteiger partial charge in [0.05, 0.1) is 6.54 Å². The number of carboxylic acids is 1. The zero-order chi connectivity index (χ0) is 47.7. The van der Waals surface area contributed by atoms with Crippen molar-refractivity contribution in [1.29, 1.82) is 0 Å². The number of hydrogen-bond acceptors (Lipinski definition) is 9. The summed E-state index contributed by atoms with van der Waals surface area (Å²) >= 11 is 13.2. The predicted octanol–water partition coefficient (Wildman–Crippen LogP) is 14.6. The van der Waals surface area contributed by atoms with Gasteiger partial charge in [-0.15, -0.1) is 12.4 Å². The van der Waals surface area contributed by atoms with Crippen LogP contribution in [0.4, 0.5) is 4.79 Å². The lowest BCUT2D eigenvalue weighted by molar-refractivity contribution is 0.0522. The summed E-state index contributed by atoms with van der Waals surface area (Å²) in [6.45, 7) is 5.93.